The Hall–Kier alpha value is -3.95. The highest BCUT2D eigenvalue weighted by Gasteiger charge is 2.26. The zero-order valence-electron chi connectivity index (χ0n) is 16.4. The molecule has 1 aromatic carbocycles. The van der Waals surface area contributed by atoms with Crippen LogP contribution in [0.4, 0.5) is 17.6 Å². The minimum Gasteiger partial charge on any atom is -0.380 e. The van der Waals surface area contributed by atoms with Crippen LogP contribution in [0.25, 0.3) is 17.3 Å². The van der Waals surface area contributed by atoms with Crippen LogP contribution in [-0.2, 0) is 0 Å². The first-order valence-corrected chi connectivity index (χ1v) is 9.73. The van der Waals surface area contributed by atoms with Crippen molar-refractivity contribution < 1.29 is 4.52 Å². The fraction of sp³-hybridized carbons (Fsp3) is 0.250. The molecule has 0 saturated heterocycles. The van der Waals surface area contributed by atoms with E-state index in [9.17, 15) is 0 Å². The van der Waals surface area contributed by atoms with Crippen LogP contribution in [-0.4, -0.2) is 44.7 Å². The van der Waals surface area contributed by atoms with Crippen molar-refractivity contribution in [3.63, 3.8) is 0 Å². The van der Waals surface area contributed by atoms with Gasteiger partial charge in [0.2, 0.25) is 23.5 Å². The van der Waals surface area contributed by atoms with E-state index in [0.717, 1.165) is 17.1 Å². The number of hydrogen-bond acceptors (Lipinski definition) is 10. The summed E-state index contributed by atoms with van der Waals surface area (Å²) < 4.78 is 5.51. The highest BCUT2D eigenvalue weighted by Crippen LogP contribution is 2.26. The average molecular weight is 403 g/mol. The van der Waals surface area contributed by atoms with Crippen LogP contribution in [0.1, 0.15) is 18.7 Å². The molecule has 10 nitrogen and oxygen atoms in total. The van der Waals surface area contributed by atoms with Gasteiger partial charge in [-0.15, -0.1) is 0 Å². The van der Waals surface area contributed by atoms with Crippen molar-refractivity contribution in [2.75, 3.05) is 24.2 Å². The maximum atomic E-state index is 5.93. The molecule has 2 aliphatic rings. The Morgan fingerprint density at radius 3 is 2.73 bits per heavy atom. The molecule has 30 heavy (non-hydrogen) atoms. The third-order valence-corrected chi connectivity index (χ3v) is 4.81. The van der Waals surface area contributed by atoms with E-state index >= 15 is 0 Å². The number of nitrogens with one attached hydrogen (secondary N) is 2. The molecule has 1 saturated carbocycles. The van der Waals surface area contributed by atoms with Gasteiger partial charge >= 0.3 is 0 Å². The predicted molar refractivity (Wildman–Crippen MR) is 112 cm³/mol. The second-order valence-electron chi connectivity index (χ2n) is 7.13. The molecule has 3 heterocycles. The number of rotatable bonds is 6. The summed E-state index contributed by atoms with van der Waals surface area (Å²) in [6.45, 7) is 0.688. The largest absolute Gasteiger partial charge is 0.380 e. The number of nitrogens with zero attached hydrogens (tertiary/aromatic N) is 6. The number of allylic oxidation sites excluding steroid dienone is 1. The highest BCUT2D eigenvalue weighted by molar-refractivity contribution is 5.66. The second-order valence-corrected chi connectivity index (χ2v) is 7.13. The number of hydrogen-bond donors (Lipinski definition) is 3. The fourth-order valence-corrected chi connectivity index (χ4v) is 3.09. The lowest BCUT2D eigenvalue weighted by molar-refractivity contribution is 0.404. The summed E-state index contributed by atoms with van der Waals surface area (Å²) in [5.74, 6) is 1.34. The molecule has 0 amide bonds. The molecule has 1 aliphatic carbocycles. The van der Waals surface area contributed by atoms with E-state index in [1.165, 1.54) is 12.8 Å². The molecule has 152 valence electrons. The van der Waals surface area contributed by atoms with Crippen molar-refractivity contribution in [3.8, 4) is 11.6 Å². The first-order valence-electron chi connectivity index (χ1n) is 9.73. The van der Waals surface area contributed by atoms with E-state index < -0.39 is 0 Å². The molecule has 5 rings (SSSR count). The molecule has 0 atom stereocenters. The first-order chi connectivity index (χ1) is 14.7. The molecular formula is C20H21N9O. The van der Waals surface area contributed by atoms with Gasteiger partial charge in [-0.3, -0.25) is 0 Å². The first kappa shape index (κ1) is 18.1. The van der Waals surface area contributed by atoms with Gasteiger partial charge in [-0.25, -0.2) is 0 Å². The summed E-state index contributed by atoms with van der Waals surface area (Å²) in [5.41, 5.74) is 8.56. The Morgan fingerprint density at radius 1 is 1.10 bits per heavy atom. The van der Waals surface area contributed by atoms with E-state index in [1.807, 2.05) is 54.4 Å². The summed E-state index contributed by atoms with van der Waals surface area (Å²) >= 11 is 0. The van der Waals surface area contributed by atoms with Crippen molar-refractivity contribution >= 4 is 23.3 Å². The van der Waals surface area contributed by atoms with Gasteiger partial charge in [-0.1, -0.05) is 29.4 Å². The van der Waals surface area contributed by atoms with Crippen molar-refractivity contribution in [1.29, 1.82) is 0 Å². The van der Waals surface area contributed by atoms with E-state index in [0.29, 0.717) is 24.4 Å². The van der Waals surface area contributed by atoms with Gasteiger partial charge in [0.1, 0.15) is 5.70 Å². The van der Waals surface area contributed by atoms with Gasteiger partial charge in [0.05, 0.1) is 5.70 Å². The topological polar surface area (TPSA) is 131 Å². The van der Waals surface area contributed by atoms with Crippen LogP contribution >= 0.6 is 0 Å². The maximum Gasteiger partial charge on any atom is 0.276 e. The van der Waals surface area contributed by atoms with Crippen LogP contribution in [0.3, 0.4) is 0 Å². The number of dihydropyridines is 1. The number of benzene rings is 1. The average Bonchev–Trinajstić information content (AvgIpc) is 3.45. The minimum absolute atomic E-state index is 0.0816. The number of aromatic nitrogens is 5. The molecule has 0 bridgehead atoms. The van der Waals surface area contributed by atoms with E-state index in [1.54, 1.807) is 0 Å². The van der Waals surface area contributed by atoms with Gasteiger partial charge in [-0.2, -0.15) is 19.9 Å². The van der Waals surface area contributed by atoms with E-state index in [-0.39, 0.29) is 17.6 Å². The fourth-order valence-electron chi connectivity index (χ4n) is 3.09. The van der Waals surface area contributed by atoms with Gasteiger partial charge in [0.15, 0.2) is 0 Å². The normalized spacial score (nSPS) is 15.8. The monoisotopic (exact) mass is 403 g/mol. The maximum absolute atomic E-state index is 5.93. The molecule has 0 unspecified atom stereocenters. The Bertz CT molecular complexity index is 1120. The molecule has 0 radical (unpaired) electrons. The van der Waals surface area contributed by atoms with Crippen molar-refractivity contribution in [2.24, 2.45) is 0 Å². The van der Waals surface area contributed by atoms with Crippen LogP contribution in [0.2, 0.25) is 0 Å². The van der Waals surface area contributed by atoms with Gasteiger partial charge in [-0.05, 0) is 31.1 Å². The number of anilines is 3. The molecule has 1 fully saturated rings. The molecule has 0 spiro atoms. The second kappa shape index (κ2) is 7.47. The SMILES string of the molecule is CN(c1ccccc1)c1nc(N)nc(-c2noc(C3=C(NC4CC4)C=CCN3)n2)n1. The van der Waals surface area contributed by atoms with Crippen LogP contribution in [0.5, 0.6) is 0 Å². The molecule has 2 aromatic heterocycles. The molecule has 3 aromatic rings. The van der Waals surface area contributed by atoms with Gasteiger partial charge in [0, 0.05) is 25.3 Å². The van der Waals surface area contributed by atoms with Crippen molar-refractivity contribution in [3.05, 3.63) is 54.1 Å². The van der Waals surface area contributed by atoms with Crippen LogP contribution < -0.4 is 21.3 Å². The molecule has 10 heteroatoms. The highest BCUT2D eigenvalue weighted by atomic mass is 16.5. The molecule has 4 N–H and O–H groups in total. The van der Waals surface area contributed by atoms with E-state index in [2.05, 4.69) is 35.7 Å². The lowest BCUT2D eigenvalue weighted by atomic mass is 10.2. The number of nitrogen functional groups attached to an aromatic ring is 1. The zero-order valence-corrected chi connectivity index (χ0v) is 16.4. The van der Waals surface area contributed by atoms with Gasteiger partial charge < -0.3 is 25.8 Å². The van der Waals surface area contributed by atoms with Crippen molar-refractivity contribution in [2.45, 2.75) is 18.9 Å². The number of para-hydroxylation sites is 1. The third-order valence-electron chi connectivity index (χ3n) is 4.81. The number of nitrogens with two attached hydrogens (primary N) is 1. The Labute approximate surface area is 172 Å². The van der Waals surface area contributed by atoms with Crippen LogP contribution in [0, 0.1) is 0 Å². The summed E-state index contributed by atoms with van der Waals surface area (Å²) in [6.07, 6.45) is 6.41. The van der Waals surface area contributed by atoms with E-state index in [4.69, 9.17) is 10.3 Å². The quantitative estimate of drug-likeness (QED) is 0.560. The summed E-state index contributed by atoms with van der Waals surface area (Å²) in [4.78, 5) is 19.2. The minimum atomic E-state index is 0.0816. The molecule has 1 aliphatic heterocycles. The summed E-state index contributed by atoms with van der Waals surface area (Å²) in [6, 6.07) is 10.2. The Morgan fingerprint density at radius 2 is 1.93 bits per heavy atom. The lowest BCUT2D eigenvalue weighted by Crippen LogP contribution is -2.25. The standard InChI is InChI=1S/C20H21N9O/c1-29(13-6-3-2-4-7-13)20-26-16(25-19(21)27-20)17-24-18(30-28-17)15-14(8-5-11-22-15)23-12-9-10-12/h2-8,12,22-23H,9-11H2,1H3,(H2,21,25,26,27). The third kappa shape index (κ3) is 3.66. The summed E-state index contributed by atoms with van der Waals surface area (Å²) in [7, 11) is 1.86. The Balaban J connectivity index is 1.47. The Kier molecular flexibility index (Phi) is 4.51. The smallest absolute Gasteiger partial charge is 0.276 e. The lowest BCUT2D eigenvalue weighted by Gasteiger charge is -2.17. The van der Waals surface area contributed by atoms with Gasteiger partial charge in [0.25, 0.3) is 5.89 Å². The molecular weight excluding hydrogens is 382 g/mol. The predicted octanol–water partition coefficient (Wildman–Crippen LogP) is 1.85. The van der Waals surface area contributed by atoms with Crippen LogP contribution in [0.15, 0.2) is 52.7 Å². The zero-order chi connectivity index (χ0) is 20.5. The summed E-state index contributed by atoms with van der Waals surface area (Å²) in [5, 5.41) is 10.8. The van der Waals surface area contributed by atoms with Crippen molar-refractivity contribution in [1.82, 2.24) is 35.7 Å².